The lowest BCUT2D eigenvalue weighted by Gasteiger charge is -2.32. The molecular formula is C22H29F2N3O4. The molecule has 1 aromatic rings. The zero-order valence-corrected chi connectivity index (χ0v) is 18.1. The Morgan fingerprint density at radius 3 is 2.35 bits per heavy atom. The third kappa shape index (κ3) is 5.51. The molecule has 170 valence electrons. The standard InChI is InChI=1S/C22H29F2N3O4/c1-22(2,3)31-21(30)27-11-5-7-18(27)20(29)26-10-4-6-17(26)19(28)25-13-14-8-9-15(23)12-16(14)24/h8-9,12,17-18H,4-7,10-11,13H2,1-3H3,(H,25,28)/t17-,18-/m0/s1. The number of ether oxygens (including phenoxy) is 1. The summed E-state index contributed by atoms with van der Waals surface area (Å²) in [5.41, 5.74) is -0.503. The van der Waals surface area contributed by atoms with Crippen LogP contribution in [0.3, 0.4) is 0 Å². The Kier molecular flexibility index (Phi) is 6.81. The summed E-state index contributed by atoms with van der Waals surface area (Å²) in [7, 11) is 0. The number of halogens is 2. The zero-order chi connectivity index (χ0) is 22.8. The van der Waals surface area contributed by atoms with Gasteiger partial charge in [0.2, 0.25) is 11.8 Å². The van der Waals surface area contributed by atoms with Crippen LogP contribution >= 0.6 is 0 Å². The molecule has 2 aliphatic rings. The Hall–Kier alpha value is -2.71. The lowest BCUT2D eigenvalue weighted by atomic mass is 10.1. The van der Waals surface area contributed by atoms with Gasteiger partial charge >= 0.3 is 6.09 Å². The smallest absolute Gasteiger partial charge is 0.410 e. The molecular weight excluding hydrogens is 408 g/mol. The predicted molar refractivity (Wildman–Crippen MR) is 109 cm³/mol. The summed E-state index contributed by atoms with van der Waals surface area (Å²) < 4.78 is 32.3. The number of benzene rings is 1. The first-order valence-electron chi connectivity index (χ1n) is 10.6. The molecule has 2 aliphatic heterocycles. The second-order valence-corrected chi connectivity index (χ2v) is 8.97. The average molecular weight is 437 g/mol. The molecule has 0 radical (unpaired) electrons. The summed E-state index contributed by atoms with van der Waals surface area (Å²) in [6.45, 7) is 6.05. The minimum atomic E-state index is -0.737. The molecule has 0 aliphatic carbocycles. The molecule has 3 amide bonds. The van der Waals surface area contributed by atoms with Crippen LogP contribution in [0.5, 0.6) is 0 Å². The number of nitrogens with zero attached hydrogens (tertiary/aromatic N) is 2. The van der Waals surface area contributed by atoms with Gasteiger partial charge in [-0.15, -0.1) is 0 Å². The molecule has 2 heterocycles. The van der Waals surface area contributed by atoms with E-state index in [1.807, 2.05) is 0 Å². The Balaban J connectivity index is 1.64. The summed E-state index contributed by atoms with van der Waals surface area (Å²) in [5.74, 6) is -2.09. The molecule has 7 nitrogen and oxygen atoms in total. The van der Waals surface area contributed by atoms with Gasteiger partial charge in [0, 0.05) is 31.3 Å². The first-order chi connectivity index (χ1) is 14.6. The van der Waals surface area contributed by atoms with E-state index in [2.05, 4.69) is 5.32 Å². The molecule has 3 rings (SSSR count). The van der Waals surface area contributed by atoms with Crippen molar-refractivity contribution in [3.63, 3.8) is 0 Å². The van der Waals surface area contributed by atoms with Crippen LogP contribution in [0.25, 0.3) is 0 Å². The molecule has 0 unspecified atom stereocenters. The first kappa shape index (κ1) is 23.0. The number of nitrogens with one attached hydrogen (secondary N) is 1. The Morgan fingerprint density at radius 2 is 1.71 bits per heavy atom. The largest absolute Gasteiger partial charge is 0.444 e. The van der Waals surface area contributed by atoms with Crippen molar-refractivity contribution in [1.29, 1.82) is 0 Å². The normalized spacial score (nSPS) is 21.3. The van der Waals surface area contributed by atoms with Gasteiger partial charge in [0.1, 0.15) is 29.3 Å². The quantitative estimate of drug-likeness (QED) is 0.786. The van der Waals surface area contributed by atoms with Crippen molar-refractivity contribution in [2.75, 3.05) is 13.1 Å². The van der Waals surface area contributed by atoms with E-state index in [0.29, 0.717) is 38.8 Å². The summed E-state index contributed by atoms with van der Waals surface area (Å²) in [6, 6.07) is 1.83. The molecule has 2 atom stereocenters. The van der Waals surface area contributed by atoms with Crippen molar-refractivity contribution < 1.29 is 27.9 Å². The van der Waals surface area contributed by atoms with E-state index in [-0.39, 0.29) is 18.0 Å². The van der Waals surface area contributed by atoms with Crippen molar-refractivity contribution in [2.24, 2.45) is 0 Å². The molecule has 0 saturated carbocycles. The van der Waals surface area contributed by atoms with Gasteiger partial charge in [-0.3, -0.25) is 14.5 Å². The molecule has 0 spiro atoms. The summed E-state index contributed by atoms with van der Waals surface area (Å²) in [4.78, 5) is 41.4. The topological polar surface area (TPSA) is 79.0 Å². The maximum atomic E-state index is 13.8. The highest BCUT2D eigenvalue weighted by atomic mass is 19.1. The van der Waals surface area contributed by atoms with Crippen LogP contribution < -0.4 is 5.32 Å². The van der Waals surface area contributed by atoms with E-state index < -0.39 is 41.3 Å². The second kappa shape index (κ2) is 9.20. The summed E-state index contributed by atoms with van der Waals surface area (Å²) in [6.07, 6.45) is 1.82. The number of carbonyl (C=O) groups excluding carboxylic acids is 3. The first-order valence-corrected chi connectivity index (χ1v) is 10.6. The fraction of sp³-hybridized carbons (Fsp3) is 0.591. The van der Waals surface area contributed by atoms with Gasteiger partial charge in [0.25, 0.3) is 0 Å². The minimum absolute atomic E-state index is 0.100. The number of likely N-dealkylation sites (tertiary alicyclic amines) is 2. The molecule has 1 N–H and O–H groups in total. The van der Waals surface area contributed by atoms with Gasteiger partial charge in [0.05, 0.1) is 0 Å². The average Bonchev–Trinajstić information content (AvgIpc) is 3.35. The van der Waals surface area contributed by atoms with Crippen molar-refractivity contribution in [2.45, 2.75) is 70.7 Å². The monoisotopic (exact) mass is 437 g/mol. The number of hydrogen-bond donors (Lipinski definition) is 1. The van der Waals surface area contributed by atoms with E-state index >= 15 is 0 Å². The molecule has 0 bridgehead atoms. The maximum Gasteiger partial charge on any atom is 0.410 e. The minimum Gasteiger partial charge on any atom is -0.444 e. The van der Waals surface area contributed by atoms with Crippen LogP contribution in [0.1, 0.15) is 52.0 Å². The SMILES string of the molecule is CC(C)(C)OC(=O)N1CCC[C@H]1C(=O)N1CCC[C@H]1C(=O)NCc1ccc(F)cc1F. The van der Waals surface area contributed by atoms with E-state index in [1.54, 1.807) is 20.8 Å². The van der Waals surface area contributed by atoms with E-state index in [4.69, 9.17) is 4.74 Å². The van der Waals surface area contributed by atoms with Crippen LogP contribution in [-0.4, -0.2) is 58.5 Å². The lowest BCUT2D eigenvalue weighted by Crippen LogP contribution is -2.53. The van der Waals surface area contributed by atoms with Crippen molar-refractivity contribution in [3.05, 3.63) is 35.4 Å². The van der Waals surface area contributed by atoms with Crippen LogP contribution in [0.4, 0.5) is 13.6 Å². The third-order valence-electron chi connectivity index (χ3n) is 5.47. The number of hydrogen-bond acceptors (Lipinski definition) is 4. The molecule has 2 saturated heterocycles. The van der Waals surface area contributed by atoms with Gasteiger partial charge < -0.3 is 15.0 Å². The molecule has 9 heteroatoms. The van der Waals surface area contributed by atoms with Crippen molar-refractivity contribution in [1.82, 2.24) is 15.1 Å². The zero-order valence-electron chi connectivity index (χ0n) is 18.1. The van der Waals surface area contributed by atoms with Crippen molar-refractivity contribution >= 4 is 17.9 Å². The molecule has 0 aromatic heterocycles. The van der Waals surface area contributed by atoms with E-state index in [9.17, 15) is 23.2 Å². The van der Waals surface area contributed by atoms with Gasteiger partial charge in [-0.25, -0.2) is 13.6 Å². The van der Waals surface area contributed by atoms with Crippen LogP contribution in [0.2, 0.25) is 0 Å². The van der Waals surface area contributed by atoms with E-state index in [1.165, 1.54) is 15.9 Å². The van der Waals surface area contributed by atoms with Gasteiger partial charge in [0.15, 0.2) is 0 Å². The third-order valence-corrected chi connectivity index (χ3v) is 5.47. The number of rotatable bonds is 4. The molecule has 31 heavy (non-hydrogen) atoms. The second-order valence-electron chi connectivity index (χ2n) is 8.97. The highest BCUT2D eigenvalue weighted by Crippen LogP contribution is 2.26. The number of amides is 3. The fourth-order valence-electron chi connectivity index (χ4n) is 4.02. The molecule has 1 aromatic carbocycles. The highest BCUT2D eigenvalue weighted by Gasteiger charge is 2.43. The Labute approximate surface area is 180 Å². The predicted octanol–water partition coefficient (Wildman–Crippen LogP) is 2.97. The van der Waals surface area contributed by atoms with Gasteiger partial charge in [-0.2, -0.15) is 0 Å². The summed E-state index contributed by atoms with van der Waals surface area (Å²) in [5, 5.41) is 2.64. The van der Waals surface area contributed by atoms with E-state index in [0.717, 1.165) is 12.1 Å². The van der Waals surface area contributed by atoms with Gasteiger partial charge in [-0.05, 0) is 52.5 Å². The maximum absolute atomic E-state index is 13.8. The Morgan fingerprint density at radius 1 is 1.06 bits per heavy atom. The van der Waals surface area contributed by atoms with Crippen molar-refractivity contribution in [3.8, 4) is 0 Å². The van der Waals surface area contributed by atoms with Crippen LogP contribution in [-0.2, 0) is 20.9 Å². The van der Waals surface area contributed by atoms with Gasteiger partial charge in [-0.1, -0.05) is 6.07 Å². The summed E-state index contributed by atoms with van der Waals surface area (Å²) >= 11 is 0. The van der Waals surface area contributed by atoms with Crippen LogP contribution in [0, 0.1) is 11.6 Å². The van der Waals surface area contributed by atoms with Crippen LogP contribution in [0.15, 0.2) is 18.2 Å². The molecule has 2 fully saturated rings. The lowest BCUT2D eigenvalue weighted by molar-refractivity contribution is -0.141. The highest BCUT2D eigenvalue weighted by molar-refractivity contribution is 5.92. The number of carbonyl (C=O) groups is 3. The Bertz CT molecular complexity index is 856. The fourth-order valence-corrected chi connectivity index (χ4v) is 4.02.